The molecule has 1 aromatic carbocycles. The van der Waals surface area contributed by atoms with Gasteiger partial charge in [-0.2, -0.15) is 0 Å². The maximum atomic E-state index is 13.1. The molecule has 1 unspecified atom stereocenters. The Hall–Kier alpha value is -2.43. The third-order valence-electron chi connectivity index (χ3n) is 5.39. The number of ether oxygens (including phenoxy) is 1. The number of benzene rings is 1. The summed E-state index contributed by atoms with van der Waals surface area (Å²) < 4.78 is 19.1. The molecule has 1 aromatic heterocycles. The summed E-state index contributed by atoms with van der Waals surface area (Å²) in [6.07, 6.45) is 8.33. The molecule has 1 aliphatic heterocycles. The molecule has 1 amide bonds. The van der Waals surface area contributed by atoms with Crippen LogP contribution < -0.4 is 4.74 Å². The number of β-lactam (4-membered cyclic amide) rings is 1. The second-order valence-corrected chi connectivity index (χ2v) is 6.90. The molecule has 1 aliphatic carbocycles. The van der Waals surface area contributed by atoms with Gasteiger partial charge in [0.25, 0.3) is 5.91 Å². The van der Waals surface area contributed by atoms with E-state index in [1.165, 1.54) is 18.6 Å². The van der Waals surface area contributed by atoms with E-state index in [0.29, 0.717) is 12.3 Å². The lowest BCUT2D eigenvalue weighted by Crippen LogP contribution is -2.76. The Balaban J connectivity index is 1.57. The fraction of sp³-hybridized carbons (Fsp3) is 0.400. The minimum Gasteiger partial charge on any atom is -0.478 e. The van der Waals surface area contributed by atoms with Crippen molar-refractivity contribution in [2.45, 2.75) is 50.3 Å². The molecule has 2 aromatic rings. The van der Waals surface area contributed by atoms with Crippen LogP contribution in [0.1, 0.15) is 37.7 Å². The van der Waals surface area contributed by atoms with Gasteiger partial charge in [0.05, 0.1) is 5.54 Å². The van der Waals surface area contributed by atoms with E-state index in [9.17, 15) is 9.18 Å². The zero-order valence-electron chi connectivity index (χ0n) is 14.0. The Bertz CT molecular complexity index is 742. The summed E-state index contributed by atoms with van der Waals surface area (Å²) in [4.78, 5) is 18.8. The molecule has 25 heavy (non-hydrogen) atoms. The zero-order valence-corrected chi connectivity index (χ0v) is 14.0. The van der Waals surface area contributed by atoms with E-state index >= 15 is 0 Å². The van der Waals surface area contributed by atoms with Crippen LogP contribution in [0.4, 0.5) is 4.39 Å². The molecule has 4 rings (SSSR count). The predicted octanol–water partition coefficient (Wildman–Crippen LogP) is 3.71. The molecule has 0 bridgehead atoms. The second-order valence-electron chi connectivity index (χ2n) is 6.90. The van der Waals surface area contributed by atoms with Crippen LogP contribution in [0.5, 0.6) is 5.75 Å². The first-order chi connectivity index (χ1) is 12.2. The summed E-state index contributed by atoms with van der Waals surface area (Å²) in [6.45, 7) is 0.588. The molecule has 2 heterocycles. The summed E-state index contributed by atoms with van der Waals surface area (Å²) in [5, 5.41) is 0. The van der Waals surface area contributed by atoms with Gasteiger partial charge in [0.15, 0.2) is 6.10 Å². The number of pyridine rings is 1. The second kappa shape index (κ2) is 6.47. The first-order valence-electron chi connectivity index (χ1n) is 8.82. The maximum absolute atomic E-state index is 13.1. The topological polar surface area (TPSA) is 42.4 Å². The Morgan fingerprint density at radius 2 is 1.76 bits per heavy atom. The minimum atomic E-state index is -0.472. The maximum Gasteiger partial charge on any atom is 0.267 e. The van der Waals surface area contributed by atoms with Crippen molar-refractivity contribution < 1.29 is 13.9 Å². The van der Waals surface area contributed by atoms with Crippen LogP contribution in [0, 0.1) is 5.82 Å². The van der Waals surface area contributed by atoms with Crippen molar-refractivity contribution in [3.05, 3.63) is 60.2 Å². The molecule has 1 atom stereocenters. The number of aromatic nitrogens is 1. The zero-order chi connectivity index (χ0) is 17.3. The van der Waals surface area contributed by atoms with Gasteiger partial charge >= 0.3 is 0 Å². The Labute approximate surface area is 146 Å². The van der Waals surface area contributed by atoms with E-state index in [-0.39, 0.29) is 17.3 Å². The van der Waals surface area contributed by atoms with E-state index in [1.54, 1.807) is 24.5 Å². The van der Waals surface area contributed by atoms with Crippen molar-refractivity contribution in [3.8, 4) is 5.75 Å². The SMILES string of the molecule is O=C1C(Oc2ccc(F)cc2)C2(CCCCC2)N1Cc1ccncc1. The molecular weight excluding hydrogens is 319 g/mol. The van der Waals surface area contributed by atoms with Gasteiger partial charge in [-0.25, -0.2) is 4.39 Å². The number of halogens is 1. The van der Waals surface area contributed by atoms with Crippen molar-refractivity contribution in [1.82, 2.24) is 9.88 Å². The highest BCUT2D eigenvalue weighted by molar-refractivity contribution is 5.90. The lowest BCUT2D eigenvalue weighted by Gasteiger charge is -2.58. The Morgan fingerprint density at radius 3 is 2.44 bits per heavy atom. The number of amides is 1. The van der Waals surface area contributed by atoms with Crippen LogP contribution in [0.2, 0.25) is 0 Å². The normalized spacial score (nSPS) is 21.9. The molecule has 1 spiro atoms. The van der Waals surface area contributed by atoms with Crippen molar-refractivity contribution in [1.29, 1.82) is 0 Å². The fourth-order valence-corrected chi connectivity index (χ4v) is 4.08. The average Bonchev–Trinajstić information content (AvgIpc) is 2.67. The van der Waals surface area contributed by atoms with E-state index < -0.39 is 6.10 Å². The van der Waals surface area contributed by atoms with Crippen molar-refractivity contribution in [3.63, 3.8) is 0 Å². The molecule has 2 fully saturated rings. The standard InChI is InChI=1S/C20H21FN2O2/c21-16-4-6-17(7-5-16)25-18-19(24)23(14-15-8-12-22-13-9-15)20(18)10-2-1-3-11-20/h4-9,12-13,18H,1-3,10-11,14H2. The molecule has 0 N–H and O–H groups in total. The van der Waals surface area contributed by atoms with Crippen LogP contribution in [-0.4, -0.2) is 27.4 Å². The minimum absolute atomic E-state index is 0.0167. The van der Waals surface area contributed by atoms with E-state index in [4.69, 9.17) is 4.74 Å². The third kappa shape index (κ3) is 2.88. The Morgan fingerprint density at radius 1 is 1.08 bits per heavy atom. The molecule has 1 saturated carbocycles. The summed E-state index contributed by atoms with van der Waals surface area (Å²) in [5.74, 6) is 0.260. The quantitative estimate of drug-likeness (QED) is 0.797. The molecule has 5 heteroatoms. The number of hydrogen-bond donors (Lipinski definition) is 0. The summed E-state index contributed by atoms with van der Waals surface area (Å²) in [7, 11) is 0. The van der Waals surface area contributed by atoms with Gasteiger partial charge < -0.3 is 9.64 Å². The summed E-state index contributed by atoms with van der Waals surface area (Å²) >= 11 is 0. The predicted molar refractivity (Wildman–Crippen MR) is 91.4 cm³/mol. The fourth-order valence-electron chi connectivity index (χ4n) is 4.08. The molecule has 4 nitrogen and oxygen atoms in total. The van der Waals surface area contributed by atoms with Crippen LogP contribution in [0.15, 0.2) is 48.8 Å². The van der Waals surface area contributed by atoms with Crippen molar-refractivity contribution in [2.75, 3.05) is 0 Å². The molecule has 0 radical (unpaired) electrons. The Kier molecular flexibility index (Phi) is 4.15. The molecule has 2 aliphatic rings. The number of rotatable bonds is 4. The van der Waals surface area contributed by atoms with Gasteiger partial charge in [-0.3, -0.25) is 9.78 Å². The number of carbonyl (C=O) groups is 1. The van der Waals surface area contributed by atoms with Crippen LogP contribution in [0.3, 0.4) is 0 Å². The summed E-state index contributed by atoms with van der Waals surface area (Å²) in [6, 6.07) is 9.78. The number of nitrogens with zero attached hydrogens (tertiary/aromatic N) is 2. The lowest BCUT2D eigenvalue weighted by atomic mass is 9.69. The van der Waals surface area contributed by atoms with Gasteiger partial charge in [-0.05, 0) is 54.8 Å². The highest BCUT2D eigenvalue weighted by Crippen LogP contribution is 2.46. The largest absolute Gasteiger partial charge is 0.478 e. The van der Waals surface area contributed by atoms with Gasteiger partial charge in [0.2, 0.25) is 0 Å². The van der Waals surface area contributed by atoms with Crippen LogP contribution in [0.25, 0.3) is 0 Å². The van der Waals surface area contributed by atoms with Crippen LogP contribution in [-0.2, 0) is 11.3 Å². The van der Waals surface area contributed by atoms with Gasteiger partial charge in [-0.15, -0.1) is 0 Å². The number of likely N-dealkylation sites (tertiary alicyclic amines) is 1. The van der Waals surface area contributed by atoms with Gasteiger partial charge in [0, 0.05) is 18.9 Å². The molecular formula is C20H21FN2O2. The highest BCUT2D eigenvalue weighted by atomic mass is 19.1. The highest BCUT2D eigenvalue weighted by Gasteiger charge is 2.61. The first-order valence-corrected chi connectivity index (χ1v) is 8.82. The number of carbonyl (C=O) groups excluding carboxylic acids is 1. The third-order valence-corrected chi connectivity index (χ3v) is 5.39. The molecule has 1 saturated heterocycles. The van der Waals surface area contributed by atoms with Crippen LogP contribution >= 0.6 is 0 Å². The first kappa shape index (κ1) is 16.1. The monoisotopic (exact) mass is 340 g/mol. The van der Waals surface area contributed by atoms with Gasteiger partial charge in [-0.1, -0.05) is 19.3 Å². The molecule has 130 valence electrons. The smallest absolute Gasteiger partial charge is 0.267 e. The van der Waals surface area contributed by atoms with E-state index in [2.05, 4.69) is 4.98 Å². The average molecular weight is 340 g/mol. The van der Waals surface area contributed by atoms with E-state index in [1.807, 2.05) is 17.0 Å². The lowest BCUT2D eigenvalue weighted by molar-refractivity contribution is -0.188. The van der Waals surface area contributed by atoms with Crippen molar-refractivity contribution >= 4 is 5.91 Å². The van der Waals surface area contributed by atoms with E-state index in [0.717, 1.165) is 31.2 Å². The summed E-state index contributed by atoms with van der Waals surface area (Å²) in [5.41, 5.74) is 0.834. The van der Waals surface area contributed by atoms with Crippen molar-refractivity contribution in [2.24, 2.45) is 0 Å². The van der Waals surface area contributed by atoms with Gasteiger partial charge in [0.1, 0.15) is 11.6 Å². The number of hydrogen-bond acceptors (Lipinski definition) is 3.